The van der Waals surface area contributed by atoms with E-state index in [1.165, 1.54) is 12.8 Å². The monoisotopic (exact) mass is 685 g/mol. The average molecular weight is 687 g/mol. The Morgan fingerprint density at radius 2 is 1.28 bits per heavy atom. The molecule has 0 saturated heterocycles. The van der Waals surface area contributed by atoms with Gasteiger partial charge in [-0.2, -0.15) is 0 Å². The lowest BCUT2D eigenvalue weighted by molar-refractivity contribution is 0.604. The SMILES string of the molecule is Cc1c(-c2cc(F)c(N)cc2F)ccc2c3ocnc3c(=O)n(C3CC3)c12.Cc1c(Br)ccc2c3ocnc3c(=O)n(C3CC3)c12. The van der Waals surface area contributed by atoms with Gasteiger partial charge in [0.15, 0.2) is 35.0 Å². The molecule has 9 nitrogen and oxygen atoms in total. The van der Waals surface area contributed by atoms with Crippen LogP contribution >= 0.6 is 15.9 Å². The highest BCUT2D eigenvalue weighted by molar-refractivity contribution is 9.10. The van der Waals surface area contributed by atoms with Crippen LogP contribution in [-0.2, 0) is 0 Å². The third-order valence-corrected chi connectivity index (χ3v) is 9.80. The Bertz CT molecular complexity index is 2520. The topological polar surface area (TPSA) is 122 Å². The Morgan fingerprint density at radius 3 is 1.83 bits per heavy atom. The Labute approximate surface area is 267 Å². The summed E-state index contributed by atoms with van der Waals surface area (Å²) in [4.78, 5) is 33.7. The maximum Gasteiger partial charge on any atom is 0.281 e. The van der Waals surface area contributed by atoms with Crippen molar-refractivity contribution in [2.45, 2.75) is 51.6 Å². The first-order valence-corrected chi connectivity index (χ1v) is 15.7. The van der Waals surface area contributed by atoms with E-state index < -0.39 is 11.6 Å². The Hall–Kier alpha value is -4.84. The number of hydrogen-bond donors (Lipinski definition) is 1. The molecule has 2 N–H and O–H groups in total. The van der Waals surface area contributed by atoms with Gasteiger partial charge in [0.2, 0.25) is 0 Å². The van der Waals surface area contributed by atoms with Gasteiger partial charge in [-0.25, -0.2) is 18.7 Å². The van der Waals surface area contributed by atoms with E-state index in [1.807, 2.05) is 23.6 Å². The van der Waals surface area contributed by atoms with Crippen LogP contribution in [0.1, 0.15) is 48.9 Å². The van der Waals surface area contributed by atoms with Crippen LogP contribution in [0.2, 0.25) is 0 Å². The van der Waals surface area contributed by atoms with E-state index in [0.717, 1.165) is 64.1 Å². The number of aromatic nitrogens is 4. The molecule has 0 amide bonds. The number of nitrogens with zero attached hydrogens (tertiary/aromatic N) is 4. The minimum atomic E-state index is -0.684. The molecule has 0 radical (unpaired) electrons. The number of benzene rings is 3. The number of fused-ring (bicyclic) bond motifs is 6. The molecule has 9 rings (SSSR count). The fourth-order valence-electron chi connectivity index (χ4n) is 6.40. The maximum atomic E-state index is 14.5. The summed E-state index contributed by atoms with van der Waals surface area (Å²) in [6.07, 6.45) is 6.51. The third kappa shape index (κ3) is 4.30. The molecule has 2 aliphatic carbocycles. The maximum absolute atomic E-state index is 14.5. The molecular formula is C34H26BrF2N5O4. The highest BCUT2D eigenvalue weighted by atomic mass is 79.9. The van der Waals surface area contributed by atoms with Gasteiger partial charge in [0.25, 0.3) is 11.1 Å². The first-order valence-electron chi connectivity index (χ1n) is 14.9. The van der Waals surface area contributed by atoms with E-state index >= 15 is 0 Å². The van der Waals surface area contributed by atoms with Gasteiger partial charge in [0.05, 0.1) is 16.7 Å². The number of aryl methyl sites for hydroxylation is 2. The van der Waals surface area contributed by atoms with Crippen LogP contribution in [0.5, 0.6) is 0 Å². The standard InChI is InChI=1S/C20H15F2N3O2.C14H11BrN2O2/c1-9-11(13-6-15(22)16(23)7-14(13)21)4-5-12-18(9)25(10-2-3-10)20(26)17-19(12)27-8-24-17;1-7-10(15)5-4-9-12(7)17(8-2-3-8)14(18)11-13(9)19-6-16-11/h4-8,10H,2-3,23H2,1H3;4-6,8H,2-3H2,1H3. The van der Waals surface area contributed by atoms with Crippen molar-refractivity contribution < 1.29 is 17.6 Å². The Balaban J connectivity index is 0.000000144. The lowest BCUT2D eigenvalue weighted by Crippen LogP contribution is -2.20. The van der Waals surface area contributed by atoms with E-state index in [1.54, 1.807) is 23.6 Å². The molecule has 7 aromatic rings. The molecule has 3 aromatic carbocycles. The summed E-state index contributed by atoms with van der Waals surface area (Å²) < 4.78 is 44.0. The zero-order valence-corrected chi connectivity index (χ0v) is 26.3. The van der Waals surface area contributed by atoms with Crippen molar-refractivity contribution in [3.05, 3.63) is 97.1 Å². The zero-order chi connectivity index (χ0) is 32.0. The van der Waals surface area contributed by atoms with Crippen LogP contribution in [0.4, 0.5) is 14.5 Å². The number of nitrogens with two attached hydrogens (primary N) is 1. The number of nitrogen functional groups attached to an aromatic ring is 1. The van der Waals surface area contributed by atoms with Crippen LogP contribution < -0.4 is 16.9 Å². The number of halogens is 3. The van der Waals surface area contributed by atoms with Crippen LogP contribution in [0.3, 0.4) is 0 Å². The highest BCUT2D eigenvalue weighted by Gasteiger charge is 2.31. The van der Waals surface area contributed by atoms with Gasteiger partial charge < -0.3 is 23.7 Å². The van der Waals surface area contributed by atoms with Crippen molar-refractivity contribution in [1.29, 1.82) is 0 Å². The molecule has 0 spiro atoms. The summed E-state index contributed by atoms with van der Waals surface area (Å²) in [5, 5.41) is 1.69. The summed E-state index contributed by atoms with van der Waals surface area (Å²) >= 11 is 3.54. The van der Waals surface area contributed by atoms with E-state index in [4.69, 9.17) is 14.6 Å². The van der Waals surface area contributed by atoms with Gasteiger partial charge in [-0.15, -0.1) is 0 Å². The lowest BCUT2D eigenvalue weighted by atomic mass is 9.96. The number of oxazole rings is 2. The number of hydrogen-bond acceptors (Lipinski definition) is 7. The van der Waals surface area contributed by atoms with Crippen LogP contribution in [-0.4, -0.2) is 19.1 Å². The molecule has 0 atom stereocenters. The van der Waals surface area contributed by atoms with Crippen molar-refractivity contribution in [2.24, 2.45) is 0 Å². The van der Waals surface area contributed by atoms with Crippen molar-refractivity contribution >= 4 is 65.6 Å². The third-order valence-electron chi connectivity index (χ3n) is 8.95. The van der Waals surface area contributed by atoms with Crippen molar-refractivity contribution in [1.82, 2.24) is 19.1 Å². The molecular weight excluding hydrogens is 660 g/mol. The van der Waals surface area contributed by atoms with Crippen LogP contribution in [0.25, 0.3) is 55.1 Å². The van der Waals surface area contributed by atoms with Crippen LogP contribution in [0.15, 0.2) is 72.1 Å². The summed E-state index contributed by atoms with van der Waals surface area (Å²) in [6, 6.07) is 9.89. The normalized spacial score (nSPS) is 14.8. The highest BCUT2D eigenvalue weighted by Crippen LogP contribution is 2.41. The minimum Gasteiger partial charge on any atom is -0.443 e. The first-order chi connectivity index (χ1) is 22.2. The van der Waals surface area contributed by atoms with Gasteiger partial charge in [-0.3, -0.25) is 9.59 Å². The van der Waals surface area contributed by atoms with Crippen molar-refractivity contribution in [3.63, 3.8) is 0 Å². The van der Waals surface area contributed by atoms with Crippen LogP contribution in [0, 0.1) is 25.5 Å². The molecule has 4 heterocycles. The smallest absolute Gasteiger partial charge is 0.281 e. The summed E-state index contributed by atoms with van der Waals surface area (Å²) in [5.41, 5.74) is 10.7. The molecule has 0 aliphatic heterocycles. The molecule has 12 heteroatoms. The second-order valence-corrected chi connectivity index (χ2v) is 12.8. The number of anilines is 1. The van der Waals surface area contributed by atoms with Gasteiger partial charge >= 0.3 is 0 Å². The second-order valence-electron chi connectivity index (χ2n) is 11.9. The Morgan fingerprint density at radius 1 is 0.761 bits per heavy atom. The summed E-state index contributed by atoms with van der Waals surface area (Å²) in [6.45, 7) is 3.82. The predicted molar refractivity (Wildman–Crippen MR) is 175 cm³/mol. The quantitative estimate of drug-likeness (QED) is 0.188. The van der Waals surface area contributed by atoms with Gasteiger partial charge in [0.1, 0.15) is 11.6 Å². The molecule has 2 aliphatic rings. The van der Waals surface area contributed by atoms with Crippen molar-refractivity contribution in [2.75, 3.05) is 5.73 Å². The molecule has 2 saturated carbocycles. The van der Waals surface area contributed by atoms with Gasteiger partial charge in [-0.05, 0) is 80.5 Å². The van der Waals surface area contributed by atoms with Crippen molar-refractivity contribution in [3.8, 4) is 11.1 Å². The second kappa shape index (κ2) is 10.3. The minimum absolute atomic E-state index is 0.0417. The summed E-state index contributed by atoms with van der Waals surface area (Å²) in [7, 11) is 0. The number of pyridine rings is 2. The zero-order valence-electron chi connectivity index (χ0n) is 24.7. The molecule has 232 valence electrons. The predicted octanol–water partition coefficient (Wildman–Crippen LogP) is 7.86. The molecule has 46 heavy (non-hydrogen) atoms. The van der Waals surface area contributed by atoms with E-state index in [0.29, 0.717) is 39.4 Å². The van der Waals surface area contributed by atoms with E-state index in [9.17, 15) is 18.4 Å². The largest absolute Gasteiger partial charge is 0.443 e. The first kappa shape index (κ1) is 28.6. The molecule has 2 fully saturated rings. The summed E-state index contributed by atoms with van der Waals surface area (Å²) in [5.74, 6) is -1.30. The lowest BCUT2D eigenvalue weighted by Gasteiger charge is -2.16. The molecule has 4 aromatic heterocycles. The molecule has 0 bridgehead atoms. The fraction of sp³-hybridized carbons (Fsp3) is 0.235. The van der Waals surface area contributed by atoms with E-state index in [2.05, 4.69) is 25.9 Å². The average Bonchev–Trinajstić information content (AvgIpc) is 3.95. The van der Waals surface area contributed by atoms with Gasteiger partial charge in [-0.1, -0.05) is 22.0 Å². The fourth-order valence-corrected chi connectivity index (χ4v) is 6.72. The molecule has 0 unspecified atom stereocenters. The van der Waals surface area contributed by atoms with Gasteiger partial charge in [0, 0.05) is 39.0 Å². The number of rotatable bonds is 3. The van der Waals surface area contributed by atoms with E-state index in [-0.39, 0.29) is 33.9 Å². The Kier molecular flexibility index (Phi) is 6.44.